The Labute approximate surface area is 98.8 Å². The smallest absolute Gasteiger partial charge is 0.119 e. The Kier molecular flexibility index (Phi) is 4.81. The van der Waals surface area contributed by atoms with E-state index in [1.54, 1.807) is 7.11 Å². The van der Waals surface area contributed by atoms with Gasteiger partial charge in [-0.1, -0.05) is 19.9 Å². The lowest BCUT2D eigenvalue weighted by Crippen LogP contribution is -2.12. The Hall–Kier alpha value is -1.02. The molecule has 0 aliphatic heterocycles. The molecular weight excluding hydrogens is 198 g/mol. The third-order valence-electron chi connectivity index (χ3n) is 3.44. The zero-order valence-corrected chi connectivity index (χ0v) is 10.8. The average molecular weight is 221 g/mol. The van der Waals surface area contributed by atoms with Crippen LogP contribution < -0.4 is 10.5 Å². The molecular formula is C14H23NO. The van der Waals surface area contributed by atoms with E-state index >= 15 is 0 Å². The molecule has 2 heteroatoms. The van der Waals surface area contributed by atoms with Crippen LogP contribution in [-0.4, -0.2) is 13.7 Å². The van der Waals surface area contributed by atoms with E-state index < -0.39 is 0 Å². The van der Waals surface area contributed by atoms with Crippen molar-refractivity contribution in [2.24, 2.45) is 11.7 Å². The lowest BCUT2D eigenvalue weighted by molar-refractivity contribution is 0.413. The van der Waals surface area contributed by atoms with E-state index in [1.165, 1.54) is 11.1 Å². The number of nitrogens with two attached hydrogens (primary N) is 1. The number of hydrogen-bond donors (Lipinski definition) is 1. The van der Waals surface area contributed by atoms with Gasteiger partial charge in [-0.15, -0.1) is 0 Å². The maximum Gasteiger partial charge on any atom is 0.119 e. The van der Waals surface area contributed by atoms with Crippen LogP contribution >= 0.6 is 0 Å². The van der Waals surface area contributed by atoms with Gasteiger partial charge >= 0.3 is 0 Å². The molecule has 2 atom stereocenters. The minimum Gasteiger partial charge on any atom is -0.497 e. The summed E-state index contributed by atoms with van der Waals surface area (Å²) >= 11 is 0. The van der Waals surface area contributed by atoms with Gasteiger partial charge in [0.25, 0.3) is 0 Å². The lowest BCUT2D eigenvalue weighted by Gasteiger charge is -2.21. The van der Waals surface area contributed by atoms with Gasteiger partial charge < -0.3 is 10.5 Å². The van der Waals surface area contributed by atoms with Crippen LogP contribution in [0.25, 0.3) is 0 Å². The molecule has 0 saturated carbocycles. The summed E-state index contributed by atoms with van der Waals surface area (Å²) in [5.74, 6) is 2.10. The summed E-state index contributed by atoms with van der Waals surface area (Å²) in [6.07, 6.45) is 1.08. The number of hydrogen-bond acceptors (Lipinski definition) is 2. The molecule has 0 heterocycles. The number of methoxy groups -OCH3 is 1. The molecule has 0 bridgehead atoms. The van der Waals surface area contributed by atoms with E-state index in [4.69, 9.17) is 10.5 Å². The van der Waals surface area contributed by atoms with Crippen molar-refractivity contribution in [3.63, 3.8) is 0 Å². The molecule has 0 aliphatic rings. The lowest BCUT2D eigenvalue weighted by atomic mass is 9.84. The molecule has 0 aromatic heterocycles. The Bertz CT molecular complexity index is 336. The van der Waals surface area contributed by atoms with Crippen LogP contribution in [0.3, 0.4) is 0 Å². The summed E-state index contributed by atoms with van der Waals surface area (Å²) < 4.78 is 5.22. The largest absolute Gasteiger partial charge is 0.497 e. The minimum absolute atomic E-state index is 0.550. The third kappa shape index (κ3) is 2.99. The van der Waals surface area contributed by atoms with Crippen molar-refractivity contribution in [2.75, 3.05) is 13.7 Å². The van der Waals surface area contributed by atoms with Gasteiger partial charge in [0.2, 0.25) is 0 Å². The highest BCUT2D eigenvalue weighted by molar-refractivity contribution is 5.36. The molecule has 2 nitrogen and oxygen atoms in total. The summed E-state index contributed by atoms with van der Waals surface area (Å²) in [5, 5.41) is 0. The normalized spacial score (nSPS) is 14.6. The SMILES string of the molecule is COc1ccc(C(C)C(C)CCN)c(C)c1. The quantitative estimate of drug-likeness (QED) is 0.829. The van der Waals surface area contributed by atoms with Crippen LogP contribution in [-0.2, 0) is 0 Å². The maximum atomic E-state index is 5.61. The predicted octanol–water partition coefficient (Wildman–Crippen LogP) is 3.09. The van der Waals surface area contributed by atoms with Gasteiger partial charge in [-0.3, -0.25) is 0 Å². The van der Waals surface area contributed by atoms with Crippen LogP contribution in [0, 0.1) is 12.8 Å². The number of benzene rings is 1. The number of aryl methyl sites for hydroxylation is 1. The molecule has 1 aromatic carbocycles. The van der Waals surface area contributed by atoms with Crippen molar-refractivity contribution in [3.8, 4) is 5.75 Å². The minimum atomic E-state index is 0.550. The summed E-state index contributed by atoms with van der Waals surface area (Å²) in [6.45, 7) is 7.45. The average Bonchev–Trinajstić information content (AvgIpc) is 2.28. The summed E-state index contributed by atoms with van der Waals surface area (Å²) in [5.41, 5.74) is 8.31. The Morgan fingerprint density at radius 2 is 2.00 bits per heavy atom. The van der Waals surface area contributed by atoms with Gasteiger partial charge in [-0.25, -0.2) is 0 Å². The van der Waals surface area contributed by atoms with Gasteiger partial charge in [0.15, 0.2) is 0 Å². The van der Waals surface area contributed by atoms with Crippen molar-refractivity contribution in [3.05, 3.63) is 29.3 Å². The van der Waals surface area contributed by atoms with Crippen LogP contribution in [0.5, 0.6) is 5.75 Å². The van der Waals surface area contributed by atoms with Crippen LogP contribution in [0.15, 0.2) is 18.2 Å². The van der Waals surface area contributed by atoms with Crippen LogP contribution in [0.4, 0.5) is 0 Å². The Balaban J connectivity index is 2.87. The van der Waals surface area contributed by atoms with E-state index in [9.17, 15) is 0 Å². The van der Waals surface area contributed by atoms with E-state index in [-0.39, 0.29) is 0 Å². The second-order valence-electron chi connectivity index (χ2n) is 4.57. The fourth-order valence-electron chi connectivity index (χ4n) is 2.11. The summed E-state index contributed by atoms with van der Waals surface area (Å²) in [6, 6.07) is 6.31. The third-order valence-corrected chi connectivity index (χ3v) is 3.44. The van der Waals surface area contributed by atoms with E-state index in [0.717, 1.165) is 18.7 Å². The standard InChI is InChI=1S/C14H23NO/c1-10(7-8-15)12(3)14-6-5-13(16-4)9-11(14)2/h5-6,9-10,12H,7-8,15H2,1-4H3. The molecule has 0 radical (unpaired) electrons. The van der Waals surface area contributed by atoms with Crippen LogP contribution in [0.2, 0.25) is 0 Å². The molecule has 2 unspecified atom stereocenters. The van der Waals surface area contributed by atoms with Crippen LogP contribution in [0.1, 0.15) is 37.3 Å². The molecule has 16 heavy (non-hydrogen) atoms. The molecule has 0 spiro atoms. The summed E-state index contributed by atoms with van der Waals surface area (Å²) in [7, 11) is 1.70. The second-order valence-corrected chi connectivity index (χ2v) is 4.57. The molecule has 0 fully saturated rings. The molecule has 1 aromatic rings. The topological polar surface area (TPSA) is 35.2 Å². The fourth-order valence-corrected chi connectivity index (χ4v) is 2.11. The Morgan fingerprint density at radius 1 is 1.31 bits per heavy atom. The first-order valence-corrected chi connectivity index (χ1v) is 5.94. The van der Waals surface area contributed by atoms with Crippen molar-refractivity contribution in [2.45, 2.75) is 33.1 Å². The highest BCUT2D eigenvalue weighted by Gasteiger charge is 2.15. The Morgan fingerprint density at radius 3 is 2.50 bits per heavy atom. The highest BCUT2D eigenvalue weighted by atomic mass is 16.5. The van der Waals surface area contributed by atoms with Gasteiger partial charge in [0, 0.05) is 0 Å². The predicted molar refractivity (Wildman–Crippen MR) is 69.0 cm³/mol. The summed E-state index contributed by atoms with van der Waals surface area (Å²) in [4.78, 5) is 0. The van der Waals surface area contributed by atoms with Gasteiger partial charge in [0.05, 0.1) is 7.11 Å². The molecule has 1 rings (SSSR count). The molecule has 2 N–H and O–H groups in total. The number of ether oxygens (including phenoxy) is 1. The molecule has 90 valence electrons. The number of rotatable bonds is 5. The fraction of sp³-hybridized carbons (Fsp3) is 0.571. The van der Waals surface area contributed by atoms with Gasteiger partial charge in [0.1, 0.15) is 5.75 Å². The zero-order valence-electron chi connectivity index (χ0n) is 10.8. The first-order valence-electron chi connectivity index (χ1n) is 5.94. The molecule has 0 saturated heterocycles. The first kappa shape index (κ1) is 13.0. The van der Waals surface area contributed by atoms with Crippen molar-refractivity contribution >= 4 is 0 Å². The van der Waals surface area contributed by atoms with Crippen molar-refractivity contribution < 1.29 is 4.74 Å². The van der Waals surface area contributed by atoms with E-state index in [2.05, 4.69) is 32.9 Å². The zero-order chi connectivity index (χ0) is 12.1. The van der Waals surface area contributed by atoms with E-state index in [0.29, 0.717) is 11.8 Å². The van der Waals surface area contributed by atoms with Gasteiger partial charge in [-0.2, -0.15) is 0 Å². The van der Waals surface area contributed by atoms with Crippen molar-refractivity contribution in [1.29, 1.82) is 0 Å². The monoisotopic (exact) mass is 221 g/mol. The second kappa shape index (κ2) is 5.90. The molecule has 0 amide bonds. The first-order chi connectivity index (χ1) is 7.60. The molecule has 0 aliphatic carbocycles. The maximum absolute atomic E-state index is 5.61. The van der Waals surface area contributed by atoms with Gasteiger partial charge in [-0.05, 0) is 55.0 Å². The van der Waals surface area contributed by atoms with Crippen molar-refractivity contribution in [1.82, 2.24) is 0 Å². The highest BCUT2D eigenvalue weighted by Crippen LogP contribution is 2.30. The van der Waals surface area contributed by atoms with E-state index in [1.807, 2.05) is 6.07 Å².